The van der Waals surface area contributed by atoms with Crippen LogP contribution in [-0.4, -0.2) is 67.7 Å². The van der Waals surface area contributed by atoms with Gasteiger partial charge in [0, 0.05) is 25.7 Å². The van der Waals surface area contributed by atoms with Crippen molar-refractivity contribution in [1.82, 2.24) is 24.4 Å². The van der Waals surface area contributed by atoms with E-state index in [1.54, 1.807) is 27.7 Å². The van der Waals surface area contributed by atoms with E-state index in [0.717, 1.165) is 13.0 Å². The summed E-state index contributed by atoms with van der Waals surface area (Å²) in [4.78, 5) is 33.1. The molecule has 3 aliphatic rings. The minimum absolute atomic E-state index is 0.0851. The normalized spacial score (nSPS) is 29.2. The van der Waals surface area contributed by atoms with Crippen molar-refractivity contribution in [2.45, 2.75) is 31.0 Å². The number of nitrogens with zero attached hydrogens (tertiary/aromatic N) is 5. The molecule has 2 aromatic heterocycles. The summed E-state index contributed by atoms with van der Waals surface area (Å²) in [5.41, 5.74) is 0.636. The van der Waals surface area contributed by atoms with Crippen LogP contribution in [0.5, 0.6) is 0 Å². The van der Waals surface area contributed by atoms with Crippen LogP contribution in [0.15, 0.2) is 24.7 Å². The molecular formula is C16H17N5O3. The maximum atomic E-state index is 13.0. The molecule has 2 atom stereocenters. The molecule has 2 aromatic rings. The number of fused-ring (bicyclic) bond motifs is 1. The summed E-state index contributed by atoms with van der Waals surface area (Å²) >= 11 is 0. The van der Waals surface area contributed by atoms with Gasteiger partial charge in [-0.05, 0) is 18.6 Å². The van der Waals surface area contributed by atoms with Crippen LogP contribution in [0.4, 0.5) is 0 Å². The van der Waals surface area contributed by atoms with E-state index in [0.29, 0.717) is 37.2 Å². The highest BCUT2D eigenvalue weighted by molar-refractivity contribution is 5.95. The largest absolute Gasteiger partial charge is 0.353 e. The van der Waals surface area contributed by atoms with Crippen molar-refractivity contribution in [2.24, 2.45) is 0 Å². The standard InChI is InChI=1S/C16H17N5O3/c22-14-8-12-16(20(14)5-1-7-24-16)4-6-19(12)15(23)11-2-3-13-17-10-18-21(13)9-11/h2-3,9-10,12H,1,4-8H2/t12-,16+/m1/s1. The zero-order valence-electron chi connectivity index (χ0n) is 13.1. The second-order valence-electron chi connectivity index (χ2n) is 6.54. The zero-order valence-corrected chi connectivity index (χ0v) is 13.1. The molecule has 24 heavy (non-hydrogen) atoms. The predicted molar refractivity (Wildman–Crippen MR) is 82.1 cm³/mol. The highest BCUT2D eigenvalue weighted by atomic mass is 16.5. The van der Waals surface area contributed by atoms with E-state index in [4.69, 9.17) is 4.74 Å². The van der Waals surface area contributed by atoms with Crippen molar-refractivity contribution in [2.75, 3.05) is 19.7 Å². The molecule has 3 fully saturated rings. The lowest BCUT2D eigenvalue weighted by molar-refractivity contribution is -0.179. The van der Waals surface area contributed by atoms with Crippen LogP contribution in [0, 0.1) is 0 Å². The summed E-state index contributed by atoms with van der Waals surface area (Å²) in [6.45, 7) is 1.97. The first-order valence-corrected chi connectivity index (χ1v) is 8.24. The number of aromatic nitrogens is 3. The summed E-state index contributed by atoms with van der Waals surface area (Å²) in [5, 5.41) is 4.08. The Bertz CT molecular complexity index is 849. The smallest absolute Gasteiger partial charge is 0.255 e. The van der Waals surface area contributed by atoms with Crippen molar-refractivity contribution >= 4 is 17.5 Å². The highest BCUT2D eigenvalue weighted by Gasteiger charge is 2.61. The van der Waals surface area contributed by atoms with Crippen molar-refractivity contribution < 1.29 is 14.3 Å². The Morgan fingerprint density at radius 1 is 1.33 bits per heavy atom. The van der Waals surface area contributed by atoms with Crippen LogP contribution in [0.1, 0.15) is 29.6 Å². The molecule has 0 unspecified atom stereocenters. The van der Waals surface area contributed by atoms with Gasteiger partial charge in [0.05, 0.1) is 24.6 Å². The molecule has 2 amide bonds. The average molecular weight is 327 g/mol. The molecule has 3 saturated heterocycles. The van der Waals surface area contributed by atoms with Crippen molar-refractivity contribution in [1.29, 1.82) is 0 Å². The molecule has 124 valence electrons. The fourth-order valence-corrected chi connectivity index (χ4v) is 4.30. The minimum Gasteiger partial charge on any atom is -0.353 e. The summed E-state index contributed by atoms with van der Waals surface area (Å²) in [6.07, 6.45) is 5.03. The summed E-state index contributed by atoms with van der Waals surface area (Å²) in [6, 6.07) is 3.33. The Balaban J connectivity index is 1.49. The van der Waals surface area contributed by atoms with Gasteiger partial charge in [-0.2, -0.15) is 5.10 Å². The molecule has 8 nitrogen and oxygen atoms in total. The summed E-state index contributed by atoms with van der Waals surface area (Å²) < 4.78 is 7.63. The number of ether oxygens (including phenoxy) is 1. The van der Waals surface area contributed by atoms with Gasteiger partial charge in [0.15, 0.2) is 11.4 Å². The van der Waals surface area contributed by atoms with E-state index >= 15 is 0 Å². The molecule has 0 bridgehead atoms. The third kappa shape index (κ3) is 1.71. The Morgan fingerprint density at radius 3 is 3.17 bits per heavy atom. The molecule has 8 heteroatoms. The number of pyridine rings is 1. The number of amides is 2. The third-order valence-corrected chi connectivity index (χ3v) is 5.39. The van der Waals surface area contributed by atoms with Gasteiger partial charge < -0.3 is 14.5 Å². The molecule has 3 aliphatic heterocycles. The number of likely N-dealkylation sites (tertiary alicyclic amines) is 1. The number of carbonyl (C=O) groups is 2. The Morgan fingerprint density at radius 2 is 2.25 bits per heavy atom. The van der Waals surface area contributed by atoms with Gasteiger partial charge in [-0.25, -0.2) is 9.50 Å². The van der Waals surface area contributed by atoms with Gasteiger partial charge in [-0.3, -0.25) is 9.59 Å². The van der Waals surface area contributed by atoms with E-state index in [2.05, 4.69) is 10.1 Å². The van der Waals surface area contributed by atoms with Gasteiger partial charge in [0.25, 0.3) is 5.91 Å². The van der Waals surface area contributed by atoms with Gasteiger partial charge in [-0.15, -0.1) is 0 Å². The molecule has 5 heterocycles. The first-order valence-electron chi connectivity index (χ1n) is 8.24. The molecule has 0 saturated carbocycles. The average Bonchev–Trinajstić information content (AvgIpc) is 3.26. The minimum atomic E-state index is -0.609. The van der Waals surface area contributed by atoms with Crippen molar-refractivity contribution in [3.8, 4) is 0 Å². The lowest BCUT2D eigenvalue weighted by Gasteiger charge is -2.42. The second kappa shape index (κ2) is 4.76. The highest BCUT2D eigenvalue weighted by Crippen LogP contribution is 2.45. The second-order valence-corrected chi connectivity index (χ2v) is 6.54. The monoisotopic (exact) mass is 327 g/mol. The summed E-state index contributed by atoms with van der Waals surface area (Å²) in [5.74, 6) is 0.00188. The van der Waals surface area contributed by atoms with Crippen molar-refractivity contribution in [3.63, 3.8) is 0 Å². The lowest BCUT2D eigenvalue weighted by Crippen LogP contribution is -2.56. The molecule has 0 aliphatic carbocycles. The van der Waals surface area contributed by atoms with Crippen molar-refractivity contribution in [3.05, 3.63) is 30.2 Å². The maximum Gasteiger partial charge on any atom is 0.255 e. The van der Waals surface area contributed by atoms with Crippen LogP contribution in [0.25, 0.3) is 5.65 Å². The van der Waals surface area contributed by atoms with E-state index in [9.17, 15) is 9.59 Å². The molecule has 0 radical (unpaired) electrons. The molecule has 0 N–H and O–H groups in total. The SMILES string of the molecule is O=C(c1ccc2ncnn2c1)N1CC[C@@]23OCCCN2C(=O)C[C@@H]13. The Hall–Kier alpha value is -2.48. The maximum absolute atomic E-state index is 13.0. The lowest BCUT2D eigenvalue weighted by atomic mass is 10.0. The van der Waals surface area contributed by atoms with E-state index in [1.165, 1.54) is 6.33 Å². The van der Waals surface area contributed by atoms with Crippen LogP contribution in [0.3, 0.4) is 0 Å². The topological polar surface area (TPSA) is 80.0 Å². The van der Waals surface area contributed by atoms with Gasteiger partial charge in [0.1, 0.15) is 6.33 Å². The zero-order chi connectivity index (χ0) is 16.3. The van der Waals surface area contributed by atoms with Crippen LogP contribution >= 0.6 is 0 Å². The summed E-state index contributed by atoms with van der Waals surface area (Å²) in [7, 11) is 0. The quantitative estimate of drug-likeness (QED) is 0.752. The van der Waals surface area contributed by atoms with E-state index < -0.39 is 5.72 Å². The fraction of sp³-hybridized carbons (Fsp3) is 0.500. The number of carbonyl (C=O) groups excluding carboxylic acids is 2. The molecule has 1 spiro atoms. The molecule has 5 rings (SSSR count). The number of hydrogen-bond acceptors (Lipinski definition) is 5. The third-order valence-electron chi connectivity index (χ3n) is 5.39. The Labute approximate surface area is 138 Å². The Kier molecular flexibility index (Phi) is 2.76. The molecular weight excluding hydrogens is 310 g/mol. The number of rotatable bonds is 1. The fourth-order valence-electron chi connectivity index (χ4n) is 4.30. The number of hydrogen-bond donors (Lipinski definition) is 0. The van der Waals surface area contributed by atoms with Crippen LogP contribution in [0.2, 0.25) is 0 Å². The van der Waals surface area contributed by atoms with E-state index in [-0.39, 0.29) is 17.9 Å². The predicted octanol–water partition coefficient (Wildman–Crippen LogP) is 0.293. The van der Waals surface area contributed by atoms with Crippen LogP contribution in [-0.2, 0) is 9.53 Å². The van der Waals surface area contributed by atoms with E-state index in [1.807, 2.05) is 4.90 Å². The van der Waals surface area contributed by atoms with Gasteiger partial charge in [0.2, 0.25) is 5.91 Å². The first-order chi connectivity index (χ1) is 11.7. The van der Waals surface area contributed by atoms with Gasteiger partial charge >= 0.3 is 0 Å². The van der Waals surface area contributed by atoms with Gasteiger partial charge in [-0.1, -0.05) is 0 Å². The first kappa shape index (κ1) is 13.9. The van der Waals surface area contributed by atoms with Crippen LogP contribution < -0.4 is 0 Å². The molecule has 0 aromatic carbocycles.